The fraction of sp³-hybridized carbons (Fsp3) is 1.00. The van der Waals surface area contributed by atoms with Gasteiger partial charge in [-0.05, 0) is 38.0 Å². The molecule has 2 unspecified atom stereocenters. The van der Waals surface area contributed by atoms with Crippen LogP contribution in [-0.4, -0.2) is 24.0 Å². The molecule has 0 aromatic rings. The Labute approximate surface area is 103 Å². The van der Waals surface area contributed by atoms with E-state index in [1.165, 1.54) is 12.8 Å². The van der Waals surface area contributed by atoms with Crippen molar-refractivity contribution in [3.8, 4) is 0 Å². The molecule has 0 saturated carbocycles. The van der Waals surface area contributed by atoms with Crippen LogP contribution in [0.5, 0.6) is 0 Å². The van der Waals surface area contributed by atoms with Crippen molar-refractivity contribution in [1.82, 2.24) is 0 Å². The smallest absolute Gasteiger partial charge is 0.0585 e. The minimum Gasteiger partial charge on any atom is -0.375 e. The van der Waals surface area contributed by atoms with Gasteiger partial charge in [-0.3, -0.25) is 0 Å². The van der Waals surface area contributed by atoms with Gasteiger partial charge in [-0.1, -0.05) is 13.3 Å². The van der Waals surface area contributed by atoms with Crippen molar-refractivity contribution in [3.63, 3.8) is 0 Å². The van der Waals surface area contributed by atoms with Crippen molar-refractivity contribution in [3.05, 3.63) is 0 Å². The van der Waals surface area contributed by atoms with E-state index in [1.807, 2.05) is 0 Å². The van der Waals surface area contributed by atoms with Crippen LogP contribution in [0.3, 0.4) is 0 Å². The average Bonchev–Trinajstić information content (AvgIpc) is 2.63. The normalized spacial score (nSPS) is 27.2. The Bertz CT molecular complexity index is 180. The van der Waals surface area contributed by atoms with E-state index in [1.54, 1.807) is 0 Å². The second-order valence-electron chi connectivity index (χ2n) is 4.87. The molecule has 1 aliphatic rings. The molecule has 0 aliphatic carbocycles. The third kappa shape index (κ3) is 3.80. The largest absolute Gasteiger partial charge is 0.375 e. The summed E-state index contributed by atoms with van der Waals surface area (Å²) in [6.07, 6.45) is 6.41. The molecule has 1 aliphatic heterocycles. The lowest BCUT2D eigenvalue weighted by atomic mass is 9.81. The third-order valence-electron chi connectivity index (χ3n) is 3.33. The van der Waals surface area contributed by atoms with Crippen LogP contribution in [0.2, 0.25) is 0 Å². The fourth-order valence-corrected chi connectivity index (χ4v) is 3.20. The number of hydrogen-bond acceptors (Lipinski definition) is 1. The molecule has 3 heteroatoms. The van der Waals surface area contributed by atoms with E-state index in [4.69, 9.17) is 27.9 Å². The van der Waals surface area contributed by atoms with Gasteiger partial charge in [0.05, 0.1) is 12.2 Å². The monoisotopic (exact) mass is 252 g/mol. The highest BCUT2D eigenvalue weighted by Gasteiger charge is 2.34. The van der Waals surface area contributed by atoms with E-state index in [-0.39, 0.29) is 5.41 Å². The molecule has 1 fully saturated rings. The number of halogens is 2. The Morgan fingerprint density at radius 3 is 2.33 bits per heavy atom. The van der Waals surface area contributed by atoms with Crippen LogP contribution in [0, 0.1) is 5.41 Å². The molecule has 0 radical (unpaired) electrons. The van der Waals surface area contributed by atoms with E-state index < -0.39 is 0 Å². The molecule has 1 rings (SSSR count). The second kappa shape index (κ2) is 6.32. The molecular weight excluding hydrogens is 231 g/mol. The highest BCUT2D eigenvalue weighted by Crippen LogP contribution is 2.37. The summed E-state index contributed by atoms with van der Waals surface area (Å²) >= 11 is 12.2. The summed E-state index contributed by atoms with van der Waals surface area (Å²) in [5.41, 5.74) is 0.0899. The van der Waals surface area contributed by atoms with Crippen LogP contribution >= 0.6 is 23.2 Å². The van der Waals surface area contributed by atoms with E-state index in [2.05, 4.69) is 13.8 Å². The van der Waals surface area contributed by atoms with Crippen molar-refractivity contribution in [2.24, 2.45) is 5.41 Å². The van der Waals surface area contributed by atoms with Crippen molar-refractivity contribution in [2.75, 3.05) is 11.8 Å². The molecule has 0 amide bonds. The van der Waals surface area contributed by atoms with Gasteiger partial charge >= 0.3 is 0 Å². The van der Waals surface area contributed by atoms with Crippen molar-refractivity contribution >= 4 is 23.2 Å². The number of ether oxygens (including phenoxy) is 1. The van der Waals surface area contributed by atoms with Gasteiger partial charge in [-0.15, -0.1) is 23.2 Å². The van der Waals surface area contributed by atoms with Crippen LogP contribution < -0.4 is 0 Å². The summed E-state index contributed by atoms with van der Waals surface area (Å²) in [5.74, 6) is 1.30. The van der Waals surface area contributed by atoms with Crippen molar-refractivity contribution in [1.29, 1.82) is 0 Å². The highest BCUT2D eigenvalue weighted by molar-refractivity contribution is 6.21. The van der Waals surface area contributed by atoms with Gasteiger partial charge < -0.3 is 4.74 Å². The minimum atomic E-state index is 0.0899. The van der Waals surface area contributed by atoms with Gasteiger partial charge in [0.2, 0.25) is 0 Å². The molecule has 1 nitrogen and oxygen atoms in total. The predicted octanol–water partition coefficient (Wildman–Crippen LogP) is 4.21. The maximum absolute atomic E-state index is 6.08. The Hall–Kier alpha value is 0.540. The molecule has 0 N–H and O–H groups in total. The number of alkyl halides is 2. The first-order valence-electron chi connectivity index (χ1n) is 5.93. The van der Waals surface area contributed by atoms with Crippen LogP contribution in [0.1, 0.15) is 46.0 Å². The van der Waals surface area contributed by atoms with Crippen LogP contribution in [0.4, 0.5) is 0 Å². The average molecular weight is 253 g/mol. The first-order chi connectivity index (χ1) is 7.15. The summed E-state index contributed by atoms with van der Waals surface area (Å²) in [6, 6.07) is 0. The fourth-order valence-electron chi connectivity index (χ4n) is 2.43. The topological polar surface area (TPSA) is 9.23 Å². The molecule has 0 aromatic carbocycles. The number of hydrogen-bond donors (Lipinski definition) is 0. The maximum Gasteiger partial charge on any atom is 0.0585 e. The zero-order valence-electron chi connectivity index (χ0n) is 9.77. The molecule has 0 spiro atoms. The van der Waals surface area contributed by atoms with Crippen LogP contribution in [-0.2, 0) is 4.74 Å². The van der Waals surface area contributed by atoms with E-state index in [0.717, 1.165) is 19.3 Å². The van der Waals surface area contributed by atoms with Crippen molar-refractivity contribution in [2.45, 2.75) is 58.2 Å². The maximum atomic E-state index is 6.08. The predicted molar refractivity (Wildman–Crippen MR) is 67.0 cm³/mol. The molecule has 90 valence electrons. The second-order valence-corrected chi connectivity index (χ2v) is 5.40. The molecule has 0 bridgehead atoms. The standard InChI is InChI=1S/C12H22Cl2O/c1-3-6-12(8-13,9-14)7-11-5-4-10(2)15-11/h10-11H,3-9H2,1-2H3. The third-order valence-corrected chi connectivity index (χ3v) is 4.46. The summed E-state index contributed by atoms with van der Waals surface area (Å²) in [7, 11) is 0. The van der Waals surface area contributed by atoms with Gasteiger partial charge in [-0.2, -0.15) is 0 Å². The molecular formula is C12H22Cl2O. The van der Waals surface area contributed by atoms with Gasteiger partial charge in [0.25, 0.3) is 0 Å². The molecule has 15 heavy (non-hydrogen) atoms. The minimum absolute atomic E-state index is 0.0899. The first kappa shape index (κ1) is 13.6. The first-order valence-corrected chi connectivity index (χ1v) is 7.00. The zero-order valence-corrected chi connectivity index (χ0v) is 11.3. The van der Waals surface area contributed by atoms with Crippen LogP contribution in [0.15, 0.2) is 0 Å². The van der Waals surface area contributed by atoms with E-state index in [0.29, 0.717) is 24.0 Å². The SMILES string of the molecule is CCCC(CCl)(CCl)CC1CCC(C)O1. The van der Waals surface area contributed by atoms with E-state index >= 15 is 0 Å². The van der Waals surface area contributed by atoms with Gasteiger partial charge in [-0.25, -0.2) is 0 Å². The molecule has 0 aromatic heterocycles. The summed E-state index contributed by atoms with van der Waals surface area (Å²) in [4.78, 5) is 0. The number of rotatable bonds is 6. The van der Waals surface area contributed by atoms with Gasteiger partial charge in [0.15, 0.2) is 0 Å². The zero-order chi connectivity index (χ0) is 11.3. The Balaban J connectivity index is 2.49. The molecule has 1 heterocycles. The summed E-state index contributed by atoms with van der Waals surface area (Å²) in [6.45, 7) is 4.33. The van der Waals surface area contributed by atoms with E-state index in [9.17, 15) is 0 Å². The van der Waals surface area contributed by atoms with Gasteiger partial charge in [0.1, 0.15) is 0 Å². The van der Waals surface area contributed by atoms with Crippen molar-refractivity contribution < 1.29 is 4.74 Å². The molecule has 2 atom stereocenters. The highest BCUT2D eigenvalue weighted by atomic mass is 35.5. The lowest BCUT2D eigenvalue weighted by molar-refractivity contribution is 0.0281. The van der Waals surface area contributed by atoms with Gasteiger partial charge in [0, 0.05) is 11.8 Å². The Morgan fingerprint density at radius 1 is 1.27 bits per heavy atom. The Morgan fingerprint density at radius 2 is 1.93 bits per heavy atom. The summed E-state index contributed by atoms with van der Waals surface area (Å²) in [5, 5.41) is 0. The lowest BCUT2D eigenvalue weighted by Crippen LogP contribution is -2.30. The lowest BCUT2D eigenvalue weighted by Gasteiger charge is -2.31. The quantitative estimate of drug-likeness (QED) is 0.644. The summed E-state index contributed by atoms with van der Waals surface area (Å²) < 4.78 is 5.85. The Kier molecular flexibility index (Phi) is 5.73. The van der Waals surface area contributed by atoms with Crippen LogP contribution in [0.25, 0.3) is 0 Å². The molecule has 1 saturated heterocycles.